The quantitative estimate of drug-likeness (QED) is 0.545. The summed E-state index contributed by atoms with van der Waals surface area (Å²) >= 11 is 0. The third-order valence-electron chi connectivity index (χ3n) is 2.40. The number of carbonyl (C=O) groups excluding carboxylic acids is 1. The Morgan fingerprint density at radius 1 is 1.69 bits per heavy atom. The van der Waals surface area contributed by atoms with Crippen LogP contribution in [0.3, 0.4) is 0 Å². The predicted octanol–water partition coefficient (Wildman–Crippen LogP) is -0.592. The number of carbonyl (C=O) groups is 1. The number of rotatable bonds is 4. The van der Waals surface area contributed by atoms with Crippen LogP contribution in [0.15, 0.2) is 12.3 Å². The molecule has 1 aliphatic heterocycles. The fourth-order valence-corrected chi connectivity index (χ4v) is 1.54. The molecule has 0 unspecified atom stereocenters. The highest BCUT2D eigenvalue weighted by molar-refractivity contribution is 6.64. The first kappa shape index (κ1) is 10.9. The SMILES string of the molecule is Nc1ncc(OC2CN(BC=O)C2)cc1F. The summed E-state index contributed by atoms with van der Waals surface area (Å²) in [6, 6.07) is 1.21. The highest BCUT2D eigenvalue weighted by Gasteiger charge is 2.28. The number of aromatic nitrogens is 1. The van der Waals surface area contributed by atoms with Gasteiger partial charge < -0.3 is 20.1 Å². The van der Waals surface area contributed by atoms with Crippen molar-refractivity contribution in [2.75, 3.05) is 18.8 Å². The minimum absolute atomic E-state index is 0.00947. The lowest BCUT2D eigenvalue weighted by Gasteiger charge is -2.37. The number of nitrogens with two attached hydrogens (primary N) is 1. The predicted molar refractivity (Wildman–Crippen MR) is 58.5 cm³/mol. The molecule has 0 aliphatic carbocycles. The number of hydrogen-bond donors (Lipinski definition) is 1. The van der Waals surface area contributed by atoms with E-state index < -0.39 is 5.82 Å². The number of halogens is 1. The van der Waals surface area contributed by atoms with E-state index in [9.17, 15) is 9.18 Å². The largest absolute Gasteiger partial charge is 0.486 e. The van der Waals surface area contributed by atoms with Crippen LogP contribution in [0.1, 0.15) is 0 Å². The second-order valence-corrected chi connectivity index (χ2v) is 3.66. The van der Waals surface area contributed by atoms with Crippen LogP contribution in [0.2, 0.25) is 0 Å². The molecule has 0 spiro atoms. The molecule has 2 N–H and O–H groups in total. The molecule has 1 aliphatic rings. The molecular weight excluding hydrogens is 212 g/mol. The summed E-state index contributed by atoms with van der Waals surface area (Å²) in [6.45, 7) is 1.34. The van der Waals surface area contributed by atoms with E-state index in [4.69, 9.17) is 10.5 Å². The van der Waals surface area contributed by atoms with Gasteiger partial charge in [0.2, 0.25) is 0 Å². The van der Waals surface area contributed by atoms with E-state index in [1.54, 1.807) is 0 Å². The Morgan fingerprint density at radius 2 is 2.44 bits per heavy atom. The number of ether oxygens (including phenoxy) is 1. The lowest BCUT2D eigenvalue weighted by molar-refractivity contribution is 0.0759. The first-order valence-electron chi connectivity index (χ1n) is 4.92. The van der Waals surface area contributed by atoms with Gasteiger partial charge in [-0.25, -0.2) is 9.37 Å². The zero-order valence-corrected chi connectivity index (χ0v) is 8.60. The van der Waals surface area contributed by atoms with Crippen molar-refractivity contribution in [3.05, 3.63) is 18.1 Å². The molecule has 84 valence electrons. The summed E-state index contributed by atoms with van der Waals surface area (Å²) in [4.78, 5) is 15.8. The molecule has 2 rings (SSSR count). The molecule has 1 aromatic rings. The standard InChI is InChI=1S/C9H11BFN3O2/c11-8-1-6(2-13-9(8)12)16-7-3-14(4-7)10-5-15/h1-2,5,7,10H,3-4H2,(H2,12,13). The first-order chi connectivity index (χ1) is 7.69. The smallest absolute Gasteiger partial charge is 0.281 e. The second-order valence-electron chi connectivity index (χ2n) is 3.66. The normalized spacial score (nSPS) is 16.6. The lowest BCUT2D eigenvalue weighted by atomic mass is 9.89. The van der Waals surface area contributed by atoms with Crippen molar-refractivity contribution in [3.8, 4) is 5.75 Å². The Hall–Kier alpha value is -1.63. The molecule has 2 heterocycles. The monoisotopic (exact) mass is 223 g/mol. The van der Waals surface area contributed by atoms with Gasteiger partial charge in [0, 0.05) is 19.2 Å². The summed E-state index contributed by atoms with van der Waals surface area (Å²) in [5.74, 6) is -0.354. The van der Waals surface area contributed by atoms with Crippen molar-refractivity contribution in [2.45, 2.75) is 6.10 Å². The molecule has 5 nitrogen and oxygen atoms in total. The number of anilines is 1. The number of nitrogens with zero attached hydrogens (tertiary/aromatic N) is 2. The fourth-order valence-electron chi connectivity index (χ4n) is 1.54. The molecule has 0 atom stereocenters. The summed E-state index contributed by atoms with van der Waals surface area (Å²) in [6.07, 6.45) is 2.23. The van der Waals surface area contributed by atoms with Gasteiger partial charge in [0.25, 0.3) is 7.41 Å². The lowest BCUT2D eigenvalue weighted by Crippen LogP contribution is -2.55. The van der Waals surface area contributed by atoms with Crippen LogP contribution in [0.4, 0.5) is 10.2 Å². The molecule has 7 heteroatoms. The van der Waals surface area contributed by atoms with E-state index in [1.807, 2.05) is 4.81 Å². The number of hydrogen-bond acceptors (Lipinski definition) is 5. The van der Waals surface area contributed by atoms with Crippen LogP contribution in [0, 0.1) is 5.82 Å². The maximum absolute atomic E-state index is 13.0. The van der Waals surface area contributed by atoms with Gasteiger partial charge in [-0.3, -0.25) is 0 Å². The van der Waals surface area contributed by atoms with Crippen molar-refractivity contribution in [3.63, 3.8) is 0 Å². The first-order valence-corrected chi connectivity index (χ1v) is 4.92. The fraction of sp³-hybridized carbons (Fsp3) is 0.333. The van der Waals surface area contributed by atoms with Gasteiger partial charge in [0.05, 0.1) is 12.4 Å². The van der Waals surface area contributed by atoms with Crippen molar-refractivity contribution in [1.29, 1.82) is 0 Å². The molecule has 0 aromatic carbocycles. The molecule has 0 bridgehead atoms. The van der Waals surface area contributed by atoms with E-state index in [0.717, 1.165) is 6.19 Å². The molecule has 1 saturated heterocycles. The van der Waals surface area contributed by atoms with E-state index in [-0.39, 0.29) is 11.9 Å². The Labute approximate surface area is 92.7 Å². The molecule has 16 heavy (non-hydrogen) atoms. The zero-order chi connectivity index (χ0) is 11.5. The molecule has 0 radical (unpaired) electrons. The van der Waals surface area contributed by atoms with Gasteiger partial charge in [-0.15, -0.1) is 0 Å². The van der Waals surface area contributed by atoms with Crippen molar-refractivity contribution in [1.82, 2.24) is 9.79 Å². The minimum Gasteiger partial charge on any atom is -0.486 e. The van der Waals surface area contributed by atoms with E-state index >= 15 is 0 Å². The Kier molecular flexibility index (Phi) is 3.05. The van der Waals surface area contributed by atoms with E-state index in [2.05, 4.69) is 4.98 Å². The molecule has 0 amide bonds. The Morgan fingerprint density at radius 3 is 3.06 bits per heavy atom. The molecular formula is C9H11BFN3O2. The summed E-state index contributed by atoms with van der Waals surface area (Å²) in [7, 11) is 0.411. The Bertz CT molecular complexity index is 398. The topological polar surface area (TPSA) is 68.5 Å². The number of pyridine rings is 1. The van der Waals surface area contributed by atoms with Crippen LogP contribution < -0.4 is 10.5 Å². The molecule has 1 aromatic heterocycles. The van der Waals surface area contributed by atoms with Gasteiger partial charge in [-0.2, -0.15) is 0 Å². The summed E-state index contributed by atoms with van der Waals surface area (Å²) in [5, 5.41) is 0. The van der Waals surface area contributed by atoms with Crippen molar-refractivity contribution < 1.29 is 13.9 Å². The summed E-state index contributed by atoms with van der Waals surface area (Å²) < 4.78 is 18.5. The van der Waals surface area contributed by atoms with Crippen LogP contribution in [0.5, 0.6) is 5.75 Å². The van der Waals surface area contributed by atoms with Crippen LogP contribution in [-0.2, 0) is 4.79 Å². The van der Waals surface area contributed by atoms with Crippen LogP contribution in [0.25, 0.3) is 0 Å². The van der Waals surface area contributed by atoms with Gasteiger partial charge >= 0.3 is 0 Å². The van der Waals surface area contributed by atoms with Gasteiger partial charge in [-0.05, 0) is 0 Å². The van der Waals surface area contributed by atoms with Gasteiger partial charge in [0.15, 0.2) is 11.6 Å². The second kappa shape index (κ2) is 4.48. The highest BCUT2D eigenvalue weighted by Crippen LogP contribution is 2.19. The highest BCUT2D eigenvalue weighted by atomic mass is 19.1. The van der Waals surface area contributed by atoms with Crippen LogP contribution in [-0.4, -0.2) is 42.6 Å². The number of nitrogen functional groups attached to an aromatic ring is 1. The average Bonchev–Trinajstić information content (AvgIpc) is 2.20. The van der Waals surface area contributed by atoms with Crippen LogP contribution >= 0.6 is 0 Å². The molecule has 0 saturated carbocycles. The maximum atomic E-state index is 13.0. The van der Waals surface area contributed by atoms with Gasteiger partial charge in [-0.1, -0.05) is 0 Å². The third kappa shape index (κ3) is 2.30. The average molecular weight is 223 g/mol. The molecule has 1 fully saturated rings. The Balaban J connectivity index is 1.87. The van der Waals surface area contributed by atoms with Crippen molar-refractivity contribution in [2.24, 2.45) is 0 Å². The van der Waals surface area contributed by atoms with Gasteiger partial charge in [0.1, 0.15) is 11.9 Å². The minimum atomic E-state index is -0.582. The summed E-state index contributed by atoms with van der Waals surface area (Å²) in [5.41, 5.74) is 5.24. The zero-order valence-electron chi connectivity index (χ0n) is 8.60. The maximum Gasteiger partial charge on any atom is 0.281 e. The van der Waals surface area contributed by atoms with E-state index in [1.165, 1.54) is 12.3 Å². The van der Waals surface area contributed by atoms with Crippen molar-refractivity contribution >= 4 is 19.4 Å². The third-order valence-corrected chi connectivity index (χ3v) is 2.40. The van der Waals surface area contributed by atoms with E-state index in [0.29, 0.717) is 26.3 Å².